The lowest BCUT2D eigenvalue weighted by atomic mass is 10.1. The molecule has 7 heteroatoms. The van der Waals surface area contributed by atoms with E-state index in [9.17, 15) is 0 Å². The van der Waals surface area contributed by atoms with Gasteiger partial charge in [-0.2, -0.15) is 0 Å². The third-order valence-electron chi connectivity index (χ3n) is 6.14. The summed E-state index contributed by atoms with van der Waals surface area (Å²) in [6.45, 7) is 6.17. The van der Waals surface area contributed by atoms with Crippen LogP contribution in [-0.4, -0.2) is 52.3 Å². The molecule has 3 heterocycles. The molecule has 2 aromatic rings. The molecule has 2 N–H and O–H groups in total. The van der Waals surface area contributed by atoms with Gasteiger partial charge in [0.25, 0.3) is 0 Å². The Kier molecular flexibility index (Phi) is 7.34. The van der Waals surface area contributed by atoms with Gasteiger partial charge in [-0.25, -0.2) is 0 Å². The average molecular weight is 410 g/mol. The van der Waals surface area contributed by atoms with Crippen molar-refractivity contribution in [2.24, 2.45) is 4.99 Å². The van der Waals surface area contributed by atoms with E-state index in [-0.39, 0.29) is 0 Å². The van der Waals surface area contributed by atoms with E-state index in [2.05, 4.69) is 59.6 Å². The molecule has 1 aromatic heterocycles. The maximum Gasteiger partial charge on any atom is 0.191 e. The van der Waals surface area contributed by atoms with Crippen molar-refractivity contribution < 1.29 is 0 Å². The minimum Gasteiger partial charge on any atom is -0.356 e. The number of aryl methyl sites for hydroxylation is 1. The van der Waals surface area contributed by atoms with Crippen LogP contribution in [0.5, 0.6) is 0 Å². The summed E-state index contributed by atoms with van der Waals surface area (Å²) in [7, 11) is 1.82. The molecule has 2 aliphatic heterocycles. The molecule has 0 bridgehead atoms. The van der Waals surface area contributed by atoms with Crippen molar-refractivity contribution in [3.05, 3.63) is 47.0 Å². The van der Waals surface area contributed by atoms with Crippen molar-refractivity contribution in [2.45, 2.75) is 64.6 Å². The summed E-state index contributed by atoms with van der Waals surface area (Å²) in [6.07, 6.45) is 8.34. The third-order valence-corrected chi connectivity index (χ3v) is 6.14. The Bertz CT molecular complexity index is 819. The largest absolute Gasteiger partial charge is 0.356 e. The van der Waals surface area contributed by atoms with Gasteiger partial charge in [0.2, 0.25) is 0 Å². The van der Waals surface area contributed by atoms with Crippen molar-refractivity contribution >= 4 is 5.96 Å². The van der Waals surface area contributed by atoms with Gasteiger partial charge in [0.1, 0.15) is 11.6 Å². The minimum absolute atomic E-state index is 0.768. The first-order valence-electron chi connectivity index (χ1n) is 11.5. The highest BCUT2D eigenvalue weighted by Crippen LogP contribution is 2.15. The summed E-state index contributed by atoms with van der Waals surface area (Å²) in [6, 6.07) is 8.94. The fraction of sp³-hybridized carbons (Fsp3) is 0.609. The van der Waals surface area contributed by atoms with Crippen LogP contribution in [0.1, 0.15) is 54.9 Å². The molecule has 30 heavy (non-hydrogen) atoms. The van der Waals surface area contributed by atoms with Gasteiger partial charge in [-0.05, 0) is 49.9 Å². The second kappa shape index (κ2) is 10.6. The minimum atomic E-state index is 0.768. The zero-order chi connectivity index (χ0) is 20.6. The van der Waals surface area contributed by atoms with E-state index in [0.29, 0.717) is 0 Å². The number of guanidine groups is 1. The van der Waals surface area contributed by atoms with E-state index in [1.54, 1.807) is 0 Å². The molecule has 0 spiro atoms. The zero-order valence-corrected chi connectivity index (χ0v) is 18.2. The molecule has 4 rings (SSSR count). The molecule has 7 nitrogen and oxygen atoms in total. The van der Waals surface area contributed by atoms with Gasteiger partial charge in [-0.3, -0.25) is 9.89 Å². The Balaban J connectivity index is 1.21. The maximum absolute atomic E-state index is 4.41. The standard InChI is InChI=1S/C23H35N7/c1-24-23(25-13-12-22-28-27-21-7-3-2-4-16-30(21)22)26-17-19-8-10-20(11-9-19)18-29-14-5-6-15-29/h8-11H,2-7,12-18H2,1H3,(H2,24,25,26). The number of benzene rings is 1. The summed E-state index contributed by atoms with van der Waals surface area (Å²) in [5, 5.41) is 15.6. The van der Waals surface area contributed by atoms with Crippen LogP contribution in [0.3, 0.4) is 0 Å². The van der Waals surface area contributed by atoms with Crippen molar-refractivity contribution in [1.29, 1.82) is 0 Å². The van der Waals surface area contributed by atoms with Crippen LogP contribution in [-0.2, 0) is 32.5 Å². The first-order valence-corrected chi connectivity index (χ1v) is 11.5. The van der Waals surface area contributed by atoms with E-state index in [1.807, 2.05) is 7.05 Å². The van der Waals surface area contributed by atoms with Crippen molar-refractivity contribution in [3.63, 3.8) is 0 Å². The number of hydrogen-bond donors (Lipinski definition) is 2. The van der Waals surface area contributed by atoms with Crippen molar-refractivity contribution in [2.75, 3.05) is 26.7 Å². The van der Waals surface area contributed by atoms with Crippen LogP contribution in [0, 0.1) is 0 Å². The summed E-state index contributed by atoms with van der Waals surface area (Å²) in [5.74, 6) is 3.06. The van der Waals surface area contributed by atoms with Gasteiger partial charge < -0.3 is 15.2 Å². The lowest BCUT2D eigenvalue weighted by Gasteiger charge is -2.15. The van der Waals surface area contributed by atoms with Crippen molar-refractivity contribution in [1.82, 2.24) is 30.3 Å². The Hall–Kier alpha value is -2.41. The molecule has 0 radical (unpaired) electrons. The van der Waals surface area contributed by atoms with Crippen molar-refractivity contribution in [3.8, 4) is 0 Å². The average Bonchev–Trinajstić information content (AvgIpc) is 3.35. The number of nitrogens with zero attached hydrogens (tertiary/aromatic N) is 5. The molecule has 1 aromatic carbocycles. The molecule has 1 saturated heterocycles. The molecule has 0 amide bonds. The predicted molar refractivity (Wildman–Crippen MR) is 120 cm³/mol. The highest BCUT2D eigenvalue weighted by molar-refractivity contribution is 5.79. The van der Waals surface area contributed by atoms with Gasteiger partial charge in [-0.15, -0.1) is 10.2 Å². The highest BCUT2D eigenvalue weighted by Gasteiger charge is 2.14. The molecule has 0 atom stereocenters. The number of nitrogens with one attached hydrogen (secondary N) is 2. The fourth-order valence-electron chi connectivity index (χ4n) is 4.39. The van der Waals surface area contributed by atoms with Crippen LogP contribution in [0.4, 0.5) is 0 Å². The summed E-state index contributed by atoms with van der Waals surface area (Å²) >= 11 is 0. The Morgan fingerprint density at radius 2 is 1.70 bits per heavy atom. The number of aromatic nitrogens is 3. The Morgan fingerprint density at radius 1 is 0.933 bits per heavy atom. The van der Waals surface area contributed by atoms with E-state index < -0.39 is 0 Å². The van der Waals surface area contributed by atoms with Gasteiger partial charge in [-0.1, -0.05) is 30.7 Å². The summed E-state index contributed by atoms with van der Waals surface area (Å²) in [4.78, 5) is 6.89. The molecular formula is C23H35N7. The van der Waals surface area contributed by atoms with Gasteiger partial charge >= 0.3 is 0 Å². The second-order valence-electron chi connectivity index (χ2n) is 8.40. The molecule has 1 fully saturated rings. The smallest absolute Gasteiger partial charge is 0.191 e. The zero-order valence-electron chi connectivity index (χ0n) is 18.2. The number of aliphatic imine (C=N–C) groups is 1. The van der Waals surface area contributed by atoms with Gasteiger partial charge in [0, 0.05) is 46.1 Å². The third kappa shape index (κ3) is 5.59. The Labute approximate surface area is 180 Å². The molecule has 162 valence electrons. The first-order chi connectivity index (χ1) is 14.8. The lowest BCUT2D eigenvalue weighted by Crippen LogP contribution is -2.38. The second-order valence-corrected chi connectivity index (χ2v) is 8.40. The normalized spacial score (nSPS) is 17.6. The first kappa shape index (κ1) is 20.8. The number of rotatable bonds is 7. The molecular weight excluding hydrogens is 374 g/mol. The van der Waals surface area contributed by atoms with Crippen LogP contribution >= 0.6 is 0 Å². The number of likely N-dealkylation sites (tertiary alicyclic amines) is 1. The Morgan fingerprint density at radius 3 is 2.50 bits per heavy atom. The van der Waals surface area contributed by atoms with Crippen LogP contribution in [0.15, 0.2) is 29.3 Å². The summed E-state index contributed by atoms with van der Waals surface area (Å²) in [5.41, 5.74) is 2.67. The molecule has 0 unspecified atom stereocenters. The quantitative estimate of drug-likeness (QED) is 0.543. The van der Waals surface area contributed by atoms with E-state index in [1.165, 1.54) is 56.3 Å². The van der Waals surface area contributed by atoms with E-state index in [0.717, 1.165) is 56.6 Å². The lowest BCUT2D eigenvalue weighted by molar-refractivity contribution is 0.331. The van der Waals surface area contributed by atoms with Crippen LogP contribution < -0.4 is 10.6 Å². The SMILES string of the molecule is CN=C(NCCc1nnc2n1CCCCC2)NCc1ccc(CN2CCCC2)cc1. The predicted octanol–water partition coefficient (Wildman–Crippen LogP) is 2.51. The van der Waals surface area contributed by atoms with E-state index in [4.69, 9.17) is 0 Å². The van der Waals surface area contributed by atoms with Crippen LogP contribution in [0.25, 0.3) is 0 Å². The maximum atomic E-state index is 4.41. The van der Waals surface area contributed by atoms with Crippen LogP contribution in [0.2, 0.25) is 0 Å². The summed E-state index contributed by atoms with van der Waals surface area (Å²) < 4.78 is 2.31. The molecule has 0 saturated carbocycles. The van der Waals surface area contributed by atoms with Gasteiger partial charge in [0.15, 0.2) is 5.96 Å². The van der Waals surface area contributed by atoms with Gasteiger partial charge in [0.05, 0.1) is 0 Å². The van der Waals surface area contributed by atoms with E-state index >= 15 is 0 Å². The highest BCUT2D eigenvalue weighted by atomic mass is 15.3. The number of fused-ring (bicyclic) bond motifs is 1. The topological polar surface area (TPSA) is 70.4 Å². The number of hydrogen-bond acceptors (Lipinski definition) is 4. The molecule has 2 aliphatic rings. The monoisotopic (exact) mass is 409 g/mol. The molecule has 0 aliphatic carbocycles. The fourth-order valence-corrected chi connectivity index (χ4v) is 4.39.